The lowest BCUT2D eigenvalue weighted by molar-refractivity contribution is 0.218. The molecule has 0 spiro atoms. The van der Waals surface area contributed by atoms with Crippen molar-refractivity contribution in [2.45, 2.75) is 39.8 Å². The van der Waals surface area contributed by atoms with E-state index < -0.39 is 0 Å². The van der Waals surface area contributed by atoms with E-state index in [0.29, 0.717) is 11.5 Å². The van der Waals surface area contributed by atoms with Crippen LogP contribution in [-0.4, -0.2) is 23.2 Å². The van der Waals surface area contributed by atoms with E-state index >= 15 is 0 Å². The maximum Gasteiger partial charge on any atom is 0.220 e. The van der Waals surface area contributed by atoms with Gasteiger partial charge < -0.3 is 9.84 Å². The molecule has 1 N–H and O–H groups in total. The summed E-state index contributed by atoms with van der Waals surface area (Å²) in [7, 11) is 0. The van der Waals surface area contributed by atoms with E-state index in [1.54, 1.807) is 18.2 Å². The molecule has 1 aliphatic heterocycles. The highest BCUT2D eigenvalue weighted by Crippen LogP contribution is 2.23. The van der Waals surface area contributed by atoms with Gasteiger partial charge in [0.2, 0.25) is 5.90 Å². The third-order valence-corrected chi connectivity index (χ3v) is 2.43. The smallest absolute Gasteiger partial charge is 0.220 e. The molecule has 0 aliphatic carbocycles. The summed E-state index contributed by atoms with van der Waals surface area (Å²) in [5.41, 5.74) is 0.670. The second-order valence-corrected chi connectivity index (χ2v) is 3.51. The minimum absolute atomic E-state index is 0.0876. The van der Waals surface area contributed by atoms with Crippen molar-refractivity contribution in [1.29, 1.82) is 0 Å². The van der Waals surface area contributed by atoms with Crippen molar-refractivity contribution in [2.75, 3.05) is 0 Å². The Bertz CT molecular complexity index is 374. The van der Waals surface area contributed by atoms with E-state index in [9.17, 15) is 5.11 Å². The number of phenolic OH excluding ortho intramolecular Hbond substituents is 1. The zero-order chi connectivity index (χ0) is 12.1. The summed E-state index contributed by atoms with van der Waals surface area (Å²) in [5.74, 6) is 0.760. The molecule has 1 aromatic rings. The van der Waals surface area contributed by atoms with Crippen molar-refractivity contribution >= 4 is 5.90 Å². The molecule has 0 fully saturated rings. The highest BCUT2D eigenvalue weighted by molar-refractivity contribution is 5.97. The SMILES string of the molecule is CC.C[C@@H]1OC(c2ccccc2O)=N[C@@H]1C. The van der Waals surface area contributed by atoms with Crippen LogP contribution in [0, 0.1) is 0 Å². The van der Waals surface area contributed by atoms with Gasteiger partial charge in [0.1, 0.15) is 11.9 Å². The highest BCUT2D eigenvalue weighted by atomic mass is 16.5. The van der Waals surface area contributed by atoms with Gasteiger partial charge in [-0.3, -0.25) is 0 Å². The van der Waals surface area contributed by atoms with Crippen LogP contribution in [0.25, 0.3) is 0 Å². The van der Waals surface area contributed by atoms with Crippen LogP contribution >= 0.6 is 0 Å². The van der Waals surface area contributed by atoms with E-state index in [2.05, 4.69) is 4.99 Å². The fourth-order valence-corrected chi connectivity index (χ4v) is 1.38. The van der Waals surface area contributed by atoms with Gasteiger partial charge in [-0.15, -0.1) is 0 Å². The lowest BCUT2D eigenvalue weighted by atomic mass is 10.2. The summed E-state index contributed by atoms with van der Waals surface area (Å²) in [6.07, 6.45) is 0.0876. The van der Waals surface area contributed by atoms with Gasteiger partial charge in [0.15, 0.2) is 0 Å². The van der Waals surface area contributed by atoms with E-state index in [-0.39, 0.29) is 17.9 Å². The molecule has 0 amide bonds. The zero-order valence-corrected chi connectivity index (χ0v) is 10.3. The second kappa shape index (κ2) is 5.54. The quantitative estimate of drug-likeness (QED) is 0.792. The van der Waals surface area contributed by atoms with Crippen LogP contribution in [0.4, 0.5) is 0 Å². The Hall–Kier alpha value is -1.51. The number of benzene rings is 1. The van der Waals surface area contributed by atoms with Gasteiger partial charge in [-0.2, -0.15) is 0 Å². The van der Waals surface area contributed by atoms with Crippen molar-refractivity contribution in [3.8, 4) is 5.75 Å². The van der Waals surface area contributed by atoms with E-state index in [4.69, 9.17) is 4.74 Å². The zero-order valence-electron chi connectivity index (χ0n) is 10.3. The molecule has 0 aromatic heterocycles. The van der Waals surface area contributed by atoms with Crippen LogP contribution in [0.1, 0.15) is 33.3 Å². The second-order valence-electron chi connectivity index (χ2n) is 3.51. The summed E-state index contributed by atoms with van der Waals surface area (Å²) in [6.45, 7) is 7.97. The molecule has 0 bridgehead atoms. The number of para-hydroxylation sites is 1. The predicted octanol–water partition coefficient (Wildman–Crippen LogP) is 2.97. The molecule has 0 radical (unpaired) electrons. The van der Waals surface area contributed by atoms with Crippen LogP contribution in [0.3, 0.4) is 0 Å². The van der Waals surface area contributed by atoms with Gasteiger partial charge >= 0.3 is 0 Å². The van der Waals surface area contributed by atoms with Crippen LogP contribution in [-0.2, 0) is 4.74 Å². The summed E-state index contributed by atoms with van der Waals surface area (Å²) >= 11 is 0. The van der Waals surface area contributed by atoms with Gasteiger partial charge in [-0.05, 0) is 26.0 Å². The number of rotatable bonds is 1. The van der Waals surface area contributed by atoms with Gasteiger partial charge in [-0.1, -0.05) is 26.0 Å². The molecule has 0 unspecified atom stereocenters. The van der Waals surface area contributed by atoms with E-state index in [1.165, 1.54) is 0 Å². The van der Waals surface area contributed by atoms with Crippen molar-refractivity contribution in [2.24, 2.45) is 4.99 Å². The van der Waals surface area contributed by atoms with Gasteiger partial charge in [0.05, 0.1) is 11.6 Å². The Kier molecular flexibility index (Phi) is 4.35. The molecule has 3 heteroatoms. The number of aliphatic imine (C=N–C) groups is 1. The molecule has 88 valence electrons. The summed E-state index contributed by atoms with van der Waals surface area (Å²) < 4.78 is 5.53. The Labute approximate surface area is 96.8 Å². The first-order chi connectivity index (χ1) is 7.68. The number of phenols is 1. The highest BCUT2D eigenvalue weighted by Gasteiger charge is 2.25. The van der Waals surface area contributed by atoms with Crippen LogP contribution < -0.4 is 0 Å². The average molecular weight is 221 g/mol. The predicted molar refractivity (Wildman–Crippen MR) is 66.0 cm³/mol. The summed E-state index contributed by atoms with van der Waals surface area (Å²) in [5, 5.41) is 9.58. The molecular formula is C13H19NO2. The monoisotopic (exact) mass is 221 g/mol. The van der Waals surface area contributed by atoms with Crippen molar-refractivity contribution < 1.29 is 9.84 Å². The Morgan fingerprint density at radius 3 is 2.31 bits per heavy atom. The molecule has 1 heterocycles. The minimum atomic E-state index is 0.0876. The molecule has 0 saturated heterocycles. The third kappa shape index (κ3) is 2.54. The lowest BCUT2D eigenvalue weighted by Gasteiger charge is -2.08. The molecule has 0 saturated carbocycles. The van der Waals surface area contributed by atoms with Gasteiger partial charge in [-0.25, -0.2) is 4.99 Å². The first kappa shape index (κ1) is 12.6. The number of aromatic hydroxyl groups is 1. The lowest BCUT2D eigenvalue weighted by Crippen LogP contribution is -2.14. The minimum Gasteiger partial charge on any atom is -0.507 e. The molecular weight excluding hydrogens is 202 g/mol. The Balaban J connectivity index is 0.000000606. The molecule has 1 aromatic carbocycles. The topological polar surface area (TPSA) is 41.8 Å². The maximum atomic E-state index is 9.58. The third-order valence-electron chi connectivity index (χ3n) is 2.43. The fourth-order valence-electron chi connectivity index (χ4n) is 1.38. The Morgan fingerprint density at radius 1 is 1.19 bits per heavy atom. The largest absolute Gasteiger partial charge is 0.507 e. The van der Waals surface area contributed by atoms with E-state index in [0.717, 1.165) is 0 Å². The molecule has 2 rings (SSSR count). The number of hydrogen-bond donors (Lipinski definition) is 1. The van der Waals surface area contributed by atoms with Crippen molar-refractivity contribution in [3.63, 3.8) is 0 Å². The summed E-state index contributed by atoms with van der Waals surface area (Å²) in [6, 6.07) is 7.23. The number of ether oxygens (including phenoxy) is 1. The first-order valence-corrected chi connectivity index (χ1v) is 5.71. The summed E-state index contributed by atoms with van der Waals surface area (Å²) in [4.78, 5) is 4.34. The van der Waals surface area contributed by atoms with Crippen LogP contribution in [0.15, 0.2) is 29.3 Å². The van der Waals surface area contributed by atoms with Crippen LogP contribution in [0.5, 0.6) is 5.75 Å². The normalized spacial score (nSPS) is 22.9. The maximum absolute atomic E-state index is 9.58. The standard InChI is InChI=1S/C11H13NO2.C2H6/c1-7-8(2)14-11(12-7)9-5-3-4-6-10(9)13;1-2/h3-8,13H,1-2H3;1-2H3/t7-,8+;/m1./s1. The number of hydrogen-bond acceptors (Lipinski definition) is 3. The Morgan fingerprint density at radius 2 is 1.81 bits per heavy atom. The average Bonchev–Trinajstić information content (AvgIpc) is 2.62. The van der Waals surface area contributed by atoms with Crippen molar-refractivity contribution in [1.82, 2.24) is 0 Å². The molecule has 2 atom stereocenters. The molecule has 16 heavy (non-hydrogen) atoms. The van der Waals surface area contributed by atoms with Crippen LogP contribution in [0.2, 0.25) is 0 Å². The molecule has 3 nitrogen and oxygen atoms in total. The fraction of sp³-hybridized carbons (Fsp3) is 0.462. The first-order valence-electron chi connectivity index (χ1n) is 5.71. The molecule has 1 aliphatic rings. The van der Waals surface area contributed by atoms with Gasteiger partial charge in [0, 0.05) is 0 Å². The number of nitrogens with zero attached hydrogens (tertiary/aromatic N) is 1. The van der Waals surface area contributed by atoms with Crippen molar-refractivity contribution in [3.05, 3.63) is 29.8 Å². The van der Waals surface area contributed by atoms with E-state index in [1.807, 2.05) is 33.8 Å². The van der Waals surface area contributed by atoms with Gasteiger partial charge in [0.25, 0.3) is 0 Å².